The number of methoxy groups -OCH3 is 3. The predicted molar refractivity (Wildman–Crippen MR) is 96.1 cm³/mol. The summed E-state index contributed by atoms with van der Waals surface area (Å²) in [5.74, 6) is -2.81. The van der Waals surface area contributed by atoms with Crippen LogP contribution in [-0.4, -0.2) is 56.7 Å². The number of aromatic nitrogens is 3. The molecule has 2 heterocycles. The first-order valence-corrected chi connectivity index (χ1v) is 9.29. The molecule has 2 amide bonds. The van der Waals surface area contributed by atoms with E-state index in [4.69, 9.17) is 15.2 Å². The number of primary amides is 1. The second-order valence-electron chi connectivity index (χ2n) is 5.40. The minimum absolute atomic E-state index is 0. The maximum Gasteiger partial charge on any atom is 1.00 e. The number of hydrogen-bond donors (Lipinski definition) is 1. The van der Waals surface area contributed by atoms with Gasteiger partial charge in [0.05, 0.1) is 33.0 Å². The average Bonchev–Trinajstić information content (AvgIpc) is 2.71. The van der Waals surface area contributed by atoms with Gasteiger partial charge in [0.25, 0.3) is 16.0 Å². The topological polar surface area (TPSA) is 164 Å². The van der Waals surface area contributed by atoms with Gasteiger partial charge >= 0.3 is 47.7 Å². The number of esters is 1. The summed E-state index contributed by atoms with van der Waals surface area (Å²) in [6, 6.07) is 0.300. The fraction of sp³-hybridized carbons (Fsp3) is 0.267. The molecule has 0 saturated heterocycles. The number of pyridine rings is 1. The number of rotatable bonds is 6. The predicted octanol–water partition coefficient (Wildman–Crippen LogP) is -1.92. The van der Waals surface area contributed by atoms with Crippen molar-refractivity contribution in [3.8, 4) is 11.8 Å². The van der Waals surface area contributed by atoms with Crippen molar-refractivity contribution < 1.29 is 76.4 Å². The fourth-order valence-corrected chi connectivity index (χ4v) is 3.51. The molecule has 2 N–H and O–H groups in total. The van der Waals surface area contributed by atoms with Gasteiger partial charge in [-0.05, 0) is 12.1 Å². The molecule has 170 valence electrons. The molecular formula is C15H15F3N5NaO7S. The zero-order valence-electron chi connectivity index (χ0n) is 18.0. The molecule has 0 spiro atoms. The summed E-state index contributed by atoms with van der Waals surface area (Å²) in [5.41, 5.74) is 2.59. The van der Waals surface area contributed by atoms with Gasteiger partial charge in [-0.1, -0.05) is 0 Å². The van der Waals surface area contributed by atoms with Crippen LogP contribution in [0.4, 0.5) is 23.9 Å². The first-order valence-electron chi connectivity index (χ1n) is 7.85. The molecule has 2 rings (SSSR count). The van der Waals surface area contributed by atoms with E-state index in [1.807, 2.05) is 0 Å². The van der Waals surface area contributed by atoms with E-state index in [2.05, 4.69) is 19.7 Å². The Labute approximate surface area is 202 Å². The van der Waals surface area contributed by atoms with Gasteiger partial charge in [0.15, 0.2) is 5.03 Å². The van der Waals surface area contributed by atoms with Crippen molar-refractivity contribution >= 4 is 28.0 Å². The van der Waals surface area contributed by atoms with E-state index in [0.717, 1.165) is 27.4 Å². The molecule has 0 radical (unpaired) electrons. The van der Waals surface area contributed by atoms with Gasteiger partial charge in [0, 0.05) is 0 Å². The molecule has 0 unspecified atom stereocenters. The molecule has 32 heavy (non-hydrogen) atoms. The van der Waals surface area contributed by atoms with Crippen molar-refractivity contribution in [1.82, 2.24) is 15.0 Å². The quantitative estimate of drug-likeness (QED) is 0.357. The molecule has 0 saturated carbocycles. The Bertz CT molecular complexity index is 1120. The van der Waals surface area contributed by atoms with E-state index < -0.39 is 50.4 Å². The largest absolute Gasteiger partial charge is 1.00 e. The second-order valence-corrected chi connectivity index (χ2v) is 7.10. The Morgan fingerprint density at radius 3 is 2.00 bits per heavy atom. The number of carbonyl (C=O) groups is 2. The number of amides is 2. The number of nitrogens with two attached hydrogens (primary N) is 1. The molecule has 17 heteroatoms. The Morgan fingerprint density at radius 1 is 1.06 bits per heavy atom. The first kappa shape index (κ1) is 27.3. The zero-order valence-corrected chi connectivity index (χ0v) is 19.8. The third-order valence-corrected chi connectivity index (χ3v) is 5.13. The number of anilines is 1. The van der Waals surface area contributed by atoms with E-state index in [9.17, 15) is 31.2 Å². The van der Waals surface area contributed by atoms with E-state index in [1.165, 1.54) is 0 Å². The molecule has 0 aliphatic rings. The van der Waals surface area contributed by atoms with Crippen LogP contribution in [-0.2, 0) is 20.9 Å². The van der Waals surface area contributed by atoms with Crippen LogP contribution < -0.4 is 49.1 Å². The summed E-state index contributed by atoms with van der Waals surface area (Å²) in [5, 5.41) is -1.46. The van der Waals surface area contributed by atoms with Gasteiger partial charge < -0.3 is 21.4 Å². The minimum atomic E-state index is -5.36. The number of ether oxygens (including phenoxy) is 3. The summed E-state index contributed by atoms with van der Waals surface area (Å²) >= 11 is 0. The fourth-order valence-electron chi connectivity index (χ4n) is 2.16. The Morgan fingerprint density at radius 2 is 1.59 bits per heavy atom. The third-order valence-electron chi connectivity index (χ3n) is 3.51. The average molecular weight is 489 g/mol. The van der Waals surface area contributed by atoms with E-state index >= 15 is 0 Å². The van der Waals surface area contributed by atoms with Gasteiger partial charge in [-0.2, -0.15) is 31.6 Å². The molecule has 2 aromatic rings. The van der Waals surface area contributed by atoms with Crippen molar-refractivity contribution in [3.05, 3.63) is 29.5 Å². The second kappa shape index (κ2) is 10.3. The van der Waals surface area contributed by atoms with Gasteiger partial charge in [-0.3, -0.25) is 0 Å². The SMILES string of the molecule is COC(=O)c1ccc(C(F)(F)F)nc1S(=O)(=O)N(C(N)=O)c1nc(OC)cc(OC)n1.[H-].[Na+]. The van der Waals surface area contributed by atoms with E-state index in [0.29, 0.717) is 12.1 Å². The molecule has 0 atom stereocenters. The smallest absolute Gasteiger partial charge is 1.00 e. The first-order chi connectivity index (χ1) is 14.4. The molecule has 0 aromatic carbocycles. The number of carbonyl (C=O) groups excluding carboxylic acids is 2. The number of sulfonamides is 1. The van der Waals surface area contributed by atoms with Crippen LogP contribution in [0.15, 0.2) is 23.2 Å². The number of urea groups is 1. The van der Waals surface area contributed by atoms with E-state index in [-0.39, 0.29) is 47.0 Å². The Balaban J connectivity index is 0.00000512. The molecule has 12 nitrogen and oxygen atoms in total. The minimum Gasteiger partial charge on any atom is -1.00 e. The summed E-state index contributed by atoms with van der Waals surface area (Å²) in [4.78, 5) is 34.3. The van der Waals surface area contributed by atoms with Crippen LogP contribution in [0.25, 0.3) is 0 Å². The van der Waals surface area contributed by atoms with Crippen molar-refractivity contribution in [2.75, 3.05) is 25.6 Å². The maximum atomic E-state index is 13.1. The standard InChI is InChI=1S/C15H14F3N5O7S.Na.H/c1-28-9-6-10(29-2)22-14(21-9)23(13(19)25)31(26,27)11-7(12(24)30-3)4-5-8(20-11)15(16,17)18;;/h4-6H,1-3H3,(H2,19,25);;/q;+1;-1. The van der Waals surface area contributed by atoms with Crippen molar-refractivity contribution in [2.24, 2.45) is 5.73 Å². The normalized spacial score (nSPS) is 11.2. The summed E-state index contributed by atoms with van der Waals surface area (Å²) in [6.45, 7) is 0. The molecule has 0 bridgehead atoms. The molecule has 0 aliphatic carbocycles. The van der Waals surface area contributed by atoms with Crippen LogP contribution in [0.3, 0.4) is 0 Å². The maximum absolute atomic E-state index is 13.1. The van der Waals surface area contributed by atoms with Crippen LogP contribution in [0.2, 0.25) is 0 Å². The van der Waals surface area contributed by atoms with Crippen LogP contribution in [0.1, 0.15) is 17.5 Å². The van der Waals surface area contributed by atoms with Crippen molar-refractivity contribution in [1.29, 1.82) is 0 Å². The molecule has 2 aromatic heterocycles. The molecule has 0 aliphatic heterocycles. The van der Waals surface area contributed by atoms with E-state index in [1.54, 1.807) is 0 Å². The van der Waals surface area contributed by atoms with Gasteiger partial charge in [0.2, 0.25) is 11.8 Å². The molecular weight excluding hydrogens is 474 g/mol. The Kier molecular flexibility index (Phi) is 8.79. The summed E-state index contributed by atoms with van der Waals surface area (Å²) < 4.78 is 79.4. The van der Waals surface area contributed by atoms with Crippen LogP contribution in [0, 0.1) is 0 Å². The number of hydrogen-bond acceptors (Lipinski definition) is 10. The number of alkyl halides is 3. The third kappa shape index (κ3) is 5.56. The van der Waals surface area contributed by atoms with Crippen molar-refractivity contribution in [3.63, 3.8) is 0 Å². The summed E-state index contributed by atoms with van der Waals surface area (Å²) in [6.07, 6.45) is -5.08. The van der Waals surface area contributed by atoms with Crippen molar-refractivity contribution in [2.45, 2.75) is 11.2 Å². The van der Waals surface area contributed by atoms with Gasteiger partial charge in [-0.15, -0.1) is 4.31 Å². The van der Waals surface area contributed by atoms with Crippen LogP contribution in [0.5, 0.6) is 11.8 Å². The zero-order chi connectivity index (χ0) is 23.6. The van der Waals surface area contributed by atoms with Gasteiger partial charge in [-0.25, -0.2) is 14.6 Å². The Hall–Kier alpha value is -2.69. The number of halogens is 3. The van der Waals surface area contributed by atoms with Gasteiger partial charge in [0.1, 0.15) is 5.69 Å². The molecule has 0 fully saturated rings. The summed E-state index contributed by atoms with van der Waals surface area (Å²) in [7, 11) is -2.20. The van der Waals surface area contributed by atoms with Crippen LogP contribution >= 0.6 is 0 Å². The monoisotopic (exact) mass is 489 g/mol. The number of nitrogens with zero attached hydrogens (tertiary/aromatic N) is 4.